The van der Waals surface area contributed by atoms with Crippen LogP contribution in [0.3, 0.4) is 0 Å². The van der Waals surface area contributed by atoms with Gasteiger partial charge in [0.05, 0.1) is 16.6 Å². The first-order valence-electron chi connectivity index (χ1n) is 13.2. The highest BCUT2D eigenvalue weighted by Gasteiger charge is 2.72. The Morgan fingerprint density at radius 1 is 1.00 bits per heavy atom. The quantitative estimate of drug-likeness (QED) is 0.297. The number of carbonyl (C=O) groups is 3. The van der Waals surface area contributed by atoms with E-state index >= 15 is 4.39 Å². The van der Waals surface area contributed by atoms with E-state index in [0.717, 1.165) is 19.3 Å². The smallest absolute Gasteiger partial charge is 0.335 e. The van der Waals surface area contributed by atoms with Crippen molar-refractivity contribution in [3.63, 3.8) is 0 Å². The van der Waals surface area contributed by atoms with Crippen molar-refractivity contribution < 1.29 is 23.9 Å². The van der Waals surface area contributed by atoms with Crippen molar-refractivity contribution in [2.75, 3.05) is 10.6 Å². The summed E-state index contributed by atoms with van der Waals surface area (Å²) in [4.78, 5) is 39.6. The zero-order valence-corrected chi connectivity index (χ0v) is 22.8. The summed E-state index contributed by atoms with van der Waals surface area (Å²) in [6.45, 7) is 0. The summed E-state index contributed by atoms with van der Waals surface area (Å²) >= 11 is 12.6. The Labute approximate surface area is 240 Å². The Morgan fingerprint density at radius 2 is 1.73 bits per heavy atom. The maximum Gasteiger partial charge on any atom is 0.335 e. The average molecular weight is 582 g/mol. The summed E-state index contributed by atoms with van der Waals surface area (Å²) in [7, 11) is 0. The summed E-state index contributed by atoms with van der Waals surface area (Å²) in [6.07, 6.45) is 3.87. The molecule has 3 aromatic carbocycles. The molecule has 2 aliphatic heterocycles. The number of hydrogen-bond donors (Lipinski definition) is 4. The van der Waals surface area contributed by atoms with Crippen LogP contribution in [0.25, 0.3) is 0 Å². The van der Waals surface area contributed by atoms with Gasteiger partial charge in [-0.1, -0.05) is 60.7 Å². The molecular formula is C30H26Cl2FN3O4. The van der Waals surface area contributed by atoms with Gasteiger partial charge in [-0.2, -0.15) is 0 Å². The monoisotopic (exact) mass is 581 g/mol. The maximum absolute atomic E-state index is 15.9. The lowest BCUT2D eigenvalue weighted by Crippen LogP contribution is -2.60. The zero-order chi connectivity index (χ0) is 28.2. The van der Waals surface area contributed by atoms with Gasteiger partial charge in [0, 0.05) is 27.9 Å². The van der Waals surface area contributed by atoms with Crippen LogP contribution in [0.2, 0.25) is 10.0 Å². The number of nitrogens with one attached hydrogen (secondary N) is 3. The minimum absolute atomic E-state index is 0.0777. The summed E-state index contributed by atoms with van der Waals surface area (Å²) in [6, 6.07) is 14.6. The second-order valence-corrected chi connectivity index (χ2v) is 11.6. The van der Waals surface area contributed by atoms with E-state index < -0.39 is 40.6 Å². The molecule has 10 heteroatoms. The van der Waals surface area contributed by atoms with Gasteiger partial charge in [-0.25, -0.2) is 9.18 Å². The molecule has 3 atom stereocenters. The van der Waals surface area contributed by atoms with Gasteiger partial charge in [0.15, 0.2) is 0 Å². The minimum atomic E-state index is -1.33. The number of rotatable bonds is 4. The van der Waals surface area contributed by atoms with Crippen molar-refractivity contribution in [2.24, 2.45) is 0 Å². The molecule has 1 unspecified atom stereocenters. The summed E-state index contributed by atoms with van der Waals surface area (Å²) in [5.41, 5.74) is -0.333. The second kappa shape index (κ2) is 9.87. The van der Waals surface area contributed by atoms with E-state index in [1.165, 1.54) is 30.3 Å². The zero-order valence-electron chi connectivity index (χ0n) is 21.3. The number of amides is 2. The third kappa shape index (κ3) is 3.92. The molecule has 3 aromatic rings. The molecule has 3 aliphatic rings. The Bertz CT molecular complexity index is 1540. The highest BCUT2D eigenvalue weighted by Crippen LogP contribution is 2.62. The molecule has 6 rings (SSSR count). The van der Waals surface area contributed by atoms with Crippen LogP contribution in [0.4, 0.5) is 15.8 Å². The van der Waals surface area contributed by atoms with Crippen molar-refractivity contribution in [3.8, 4) is 0 Å². The van der Waals surface area contributed by atoms with E-state index in [1.807, 2.05) is 0 Å². The predicted octanol–water partition coefficient (Wildman–Crippen LogP) is 6.12. The van der Waals surface area contributed by atoms with Gasteiger partial charge in [-0.15, -0.1) is 0 Å². The van der Waals surface area contributed by atoms with Crippen LogP contribution in [-0.2, 0) is 15.0 Å². The Balaban J connectivity index is 1.54. The molecule has 1 aliphatic carbocycles. The van der Waals surface area contributed by atoms with Crippen LogP contribution < -0.4 is 16.0 Å². The van der Waals surface area contributed by atoms with E-state index in [4.69, 9.17) is 23.2 Å². The number of fused-ring (bicyclic) bond motifs is 3. The summed E-state index contributed by atoms with van der Waals surface area (Å²) < 4.78 is 15.9. The molecule has 7 nitrogen and oxygen atoms in total. The molecule has 2 fully saturated rings. The summed E-state index contributed by atoms with van der Waals surface area (Å²) in [5, 5.41) is 19.0. The van der Waals surface area contributed by atoms with Crippen molar-refractivity contribution in [1.82, 2.24) is 5.32 Å². The largest absolute Gasteiger partial charge is 0.478 e. The fourth-order valence-corrected chi connectivity index (χ4v) is 7.49. The number of halogens is 3. The number of hydrogen-bond acceptors (Lipinski definition) is 4. The van der Waals surface area contributed by atoms with Gasteiger partial charge in [-0.05, 0) is 66.4 Å². The normalized spacial score (nSPS) is 24.6. The first kappa shape index (κ1) is 26.7. The van der Waals surface area contributed by atoms with Crippen LogP contribution in [0.1, 0.15) is 59.5 Å². The second-order valence-electron chi connectivity index (χ2n) is 10.7. The molecule has 1 saturated carbocycles. The molecule has 0 aromatic heterocycles. The molecule has 4 N–H and O–H groups in total. The lowest BCUT2D eigenvalue weighted by Gasteiger charge is -2.47. The third-order valence-corrected chi connectivity index (χ3v) is 9.23. The highest BCUT2D eigenvalue weighted by atomic mass is 35.5. The van der Waals surface area contributed by atoms with Crippen molar-refractivity contribution >= 4 is 52.4 Å². The Hall–Kier alpha value is -3.46. The molecule has 0 bridgehead atoms. The molecule has 2 spiro atoms. The van der Waals surface area contributed by atoms with Crippen molar-refractivity contribution in [2.45, 2.75) is 55.0 Å². The molecule has 2 amide bonds. The molecule has 2 heterocycles. The van der Waals surface area contributed by atoms with Gasteiger partial charge in [0.25, 0.3) is 0 Å². The standard InChI is InChI=1S/C30H26Cl2FN3O4/c31-17-9-12-20-22(15-17)35-28(40)30(20)23(19-5-4-6-21(32)24(19)33)25(36-29(30)13-2-1-3-14-29)26(37)34-18-10-7-16(8-11-18)27(38)39/h4-12,15,23,25,36H,1-3,13-14H2,(H,34,37)(H,35,40)(H,38,39)/t23-,25?,30+/m0/s1. The number of carboxylic acids is 1. The van der Waals surface area contributed by atoms with Gasteiger partial charge in [-0.3, -0.25) is 14.9 Å². The van der Waals surface area contributed by atoms with E-state index in [0.29, 0.717) is 34.8 Å². The van der Waals surface area contributed by atoms with Crippen LogP contribution in [-0.4, -0.2) is 34.5 Å². The lowest BCUT2D eigenvalue weighted by molar-refractivity contribution is -0.124. The van der Waals surface area contributed by atoms with Crippen LogP contribution in [0, 0.1) is 5.82 Å². The average Bonchev–Trinajstić information content (AvgIpc) is 3.38. The minimum Gasteiger partial charge on any atom is -0.478 e. The SMILES string of the molecule is O=C(O)c1ccc(NC(=O)C2NC3(CCCCC3)[C@@]3(C(=O)Nc4cc(Cl)ccc43)[C@H]2c2cccc(Cl)c2F)cc1. The van der Waals surface area contributed by atoms with E-state index in [-0.39, 0.29) is 22.1 Å². The van der Waals surface area contributed by atoms with E-state index in [2.05, 4.69) is 16.0 Å². The fraction of sp³-hybridized carbons (Fsp3) is 0.300. The van der Waals surface area contributed by atoms with Crippen LogP contribution in [0.5, 0.6) is 0 Å². The molecule has 40 heavy (non-hydrogen) atoms. The van der Waals surface area contributed by atoms with E-state index in [9.17, 15) is 19.5 Å². The Morgan fingerprint density at radius 3 is 2.42 bits per heavy atom. The first-order valence-corrected chi connectivity index (χ1v) is 13.9. The Kier molecular flexibility index (Phi) is 6.60. The topological polar surface area (TPSA) is 108 Å². The molecule has 206 valence electrons. The van der Waals surface area contributed by atoms with Gasteiger partial charge < -0.3 is 15.7 Å². The molecule has 0 radical (unpaired) electrons. The maximum atomic E-state index is 15.9. The summed E-state index contributed by atoms with van der Waals surface area (Å²) in [5.74, 6) is -3.50. The lowest BCUT2D eigenvalue weighted by atomic mass is 9.55. The number of benzene rings is 3. The van der Waals surface area contributed by atoms with Crippen molar-refractivity contribution in [1.29, 1.82) is 0 Å². The number of aromatic carboxylic acids is 1. The third-order valence-electron chi connectivity index (χ3n) is 8.70. The van der Waals surface area contributed by atoms with Gasteiger partial charge in [0.2, 0.25) is 11.8 Å². The number of anilines is 2. The first-order chi connectivity index (χ1) is 19.2. The highest BCUT2D eigenvalue weighted by molar-refractivity contribution is 6.31. The van der Waals surface area contributed by atoms with E-state index in [1.54, 1.807) is 30.3 Å². The number of carbonyl (C=O) groups excluding carboxylic acids is 2. The van der Waals surface area contributed by atoms with Crippen molar-refractivity contribution in [3.05, 3.63) is 93.2 Å². The van der Waals surface area contributed by atoms with Gasteiger partial charge in [0.1, 0.15) is 11.2 Å². The van der Waals surface area contributed by atoms with Crippen LogP contribution >= 0.6 is 23.2 Å². The fourth-order valence-electron chi connectivity index (χ4n) is 7.13. The van der Waals surface area contributed by atoms with Gasteiger partial charge >= 0.3 is 5.97 Å². The number of carboxylic acid groups (broad SMARTS) is 1. The molecular weight excluding hydrogens is 556 g/mol. The van der Waals surface area contributed by atoms with Crippen LogP contribution in [0.15, 0.2) is 60.7 Å². The molecule has 1 saturated heterocycles. The predicted molar refractivity (Wildman–Crippen MR) is 151 cm³/mol.